The summed E-state index contributed by atoms with van der Waals surface area (Å²) in [7, 11) is 1.34. The Labute approximate surface area is 155 Å². The molecule has 26 heavy (non-hydrogen) atoms. The third kappa shape index (κ3) is 3.81. The number of rotatable bonds is 5. The van der Waals surface area contributed by atoms with Crippen LogP contribution in [-0.2, 0) is 14.3 Å². The van der Waals surface area contributed by atoms with Crippen LogP contribution in [0.25, 0.3) is 0 Å². The van der Waals surface area contributed by atoms with E-state index in [-0.39, 0.29) is 16.8 Å². The van der Waals surface area contributed by atoms with E-state index in [4.69, 9.17) is 16.3 Å². The second-order valence-corrected chi connectivity index (χ2v) is 6.97. The number of hydrogen-bond acceptors (Lipinski definition) is 6. The van der Waals surface area contributed by atoms with Crippen LogP contribution in [0.2, 0.25) is 5.02 Å². The molecule has 8 nitrogen and oxygen atoms in total. The molecule has 2 fully saturated rings. The Hall–Kier alpha value is -2.19. The number of carbonyl (C=O) groups is 2. The molecule has 1 aliphatic carbocycles. The largest absolute Gasteiger partial charge is 0.468 e. The first-order valence-electron chi connectivity index (χ1n) is 8.42. The van der Waals surface area contributed by atoms with Gasteiger partial charge in [0.1, 0.15) is 12.0 Å². The maximum absolute atomic E-state index is 12.3. The SMILES string of the molecule is COC(=O)C(c1ccc(Cl)cc1)N1CCN(C(=O)C2CC2[N+](=O)[O-])CC1. The highest BCUT2D eigenvalue weighted by molar-refractivity contribution is 6.30. The van der Waals surface area contributed by atoms with Crippen molar-refractivity contribution in [1.82, 2.24) is 9.80 Å². The molecule has 0 spiro atoms. The van der Waals surface area contributed by atoms with Crippen molar-refractivity contribution in [2.45, 2.75) is 18.5 Å². The highest BCUT2D eigenvalue weighted by Gasteiger charge is 2.54. The Morgan fingerprint density at radius 2 is 1.85 bits per heavy atom. The molecule has 3 unspecified atom stereocenters. The highest BCUT2D eigenvalue weighted by Crippen LogP contribution is 2.35. The van der Waals surface area contributed by atoms with Gasteiger partial charge in [-0.05, 0) is 17.7 Å². The molecular weight excluding hydrogens is 362 g/mol. The smallest absolute Gasteiger partial charge is 0.327 e. The van der Waals surface area contributed by atoms with Crippen LogP contribution in [0.1, 0.15) is 18.0 Å². The van der Waals surface area contributed by atoms with Crippen LogP contribution < -0.4 is 0 Å². The second kappa shape index (κ2) is 7.59. The van der Waals surface area contributed by atoms with E-state index in [1.165, 1.54) is 7.11 Å². The molecule has 3 rings (SSSR count). The van der Waals surface area contributed by atoms with Gasteiger partial charge in [0.15, 0.2) is 0 Å². The molecule has 1 saturated carbocycles. The molecule has 1 aromatic rings. The zero-order chi connectivity index (χ0) is 18.8. The first kappa shape index (κ1) is 18.6. The zero-order valence-corrected chi connectivity index (χ0v) is 15.1. The van der Waals surface area contributed by atoms with Gasteiger partial charge >= 0.3 is 5.97 Å². The molecule has 1 heterocycles. The average Bonchev–Trinajstić information content (AvgIpc) is 3.44. The van der Waals surface area contributed by atoms with Gasteiger partial charge in [-0.25, -0.2) is 4.79 Å². The monoisotopic (exact) mass is 381 g/mol. The van der Waals surface area contributed by atoms with Crippen molar-refractivity contribution in [3.05, 3.63) is 45.0 Å². The summed E-state index contributed by atoms with van der Waals surface area (Å²) in [5.74, 6) is -1.03. The molecule has 9 heteroatoms. The summed E-state index contributed by atoms with van der Waals surface area (Å²) in [6.45, 7) is 1.84. The number of ether oxygens (including phenoxy) is 1. The van der Waals surface area contributed by atoms with E-state index in [1.807, 2.05) is 4.90 Å². The molecule has 1 amide bonds. The van der Waals surface area contributed by atoms with E-state index < -0.39 is 18.0 Å². The third-order valence-corrected chi connectivity index (χ3v) is 5.20. The molecule has 140 valence electrons. The topological polar surface area (TPSA) is 93.0 Å². The summed E-state index contributed by atoms with van der Waals surface area (Å²) in [5, 5.41) is 11.3. The van der Waals surface area contributed by atoms with Crippen LogP contribution in [-0.4, -0.2) is 65.9 Å². The van der Waals surface area contributed by atoms with Crippen molar-refractivity contribution in [2.24, 2.45) is 5.92 Å². The van der Waals surface area contributed by atoms with Gasteiger partial charge in [-0.15, -0.1) is 0 Å². The number of halogens is 1. The number of nitro groups is 1. The average molecular weight is 382 g/mol. The minimum atomic E-state index is -0.739. The molecule has 2 aliphatic rings. The molecule has 0 bridgehead atoms. The van der Waals surface area contributed by atoms with Crippen LogP contribution in [0.4, 0.5) is 0 Å². The number of nitrogens with zero attached hydrogens (tertiary/aromatic N) is 3. The van der Waals surface area contributed by atoms with E-state index >= 15 is 0 Å². The number of methoxy groups -OCH3 is 1. The molecule has 3 atom stereocenters. The van der Waals surface area contributed by atoms with Gasteiger partial charge in [0.25, 0.3) is 0 Å². The number of hydrogen-bond donors (Lipinski definition) is 0. The summed E-state index contributed by atoms with van der Waals surface area (Å²) < 4.78 is 4.94. The molecule has 1 aromatic carbocycles. The lowest BCUT2D eigenvalue weighted by Crippen LogP contribution is -2.51. The molecule has 0 N–H and O–H groups in total. The fraction of sp³-hybridized carbons (Fsp3) is 0.529. The number of carbonyl (C=O) groups excluding carboxylic acids is 2. The fourth-order valence-corrected chi connectivity index (χ4v) is 3.49. The lowest BCUT2D eigenvalue weighted by molar-refractivity contribution is -0.497. The Balaban J connectivity index is 1.64. The van der Waals surface area contributed by atoms with E-state index in [1.54, 1.807) is 29.2 Å². The molecule has 1 aliphatic heterocycles. The van der Waals surface area contributed by atoms with Crippen LogP contribution in [0.15, 0.2) is 24.3 Å². The maximum Gasteiger partial charge on any atom is 0.327 e. The van der Waals surface area contributed by atoms with E-state index in [9.17, 15) is 19.7 Å². The first-order chi connectivity index (χ1) is 12.4. The van der Waals surface area contributed by atoms with Crippen LogP contribution in [0, 0.1) is 16.0 Å². The van der Waals surface area contributed by atoms with Crippen LogP contribution in [0.5, 0.6) is 0 Å². The van der Waals surface area contributed by atoms with Crippen LogP contribution >= 0.6 is 11.6 Å². The summed E-state index contributed by atoms with van der Waals surface area (Å²) in [6, 6.07) is 5.70. The van der Waals surface area contributed by atoms with Crippen molar-refractivity contribution in [1.29, 1.82) is 0 Å². The Morgan fingerprint density at radius 1 is 1.23 bits per heavy atom. The Kier molecular flexibility index (Phi) is 5.43. The van der Waals surface area contributed by atoms with Crippen molar-refractivity contribution in [3.8, 4) is 0 Å². The summed E-state index contributed by atoms with van der Waals surface area (Å²) >= 11 is 5.92. The van der Waals surface area contributed by atoms with E-state index in [0.29, 0.717) is 37.6 Å². The lowest BCUT2D eigenvalue weighted by Gasteiger charge is -2.38. The third-order valence-electron chi connectivity index (χ3n) is 4.95. The quantitative estimate of drug-likeness (QED) is 0.434. The van der Waals surface area contributed by atoms with Crippen molar-refractivity contribution in [3.63, 3.8) is 0 Å². The number of amides is 1. The Bertz CT molecular complexity index is 703. The maximum atomic E-state index is 12.3. The second-order valence-electron chi connectivity index (χ2n) is 6.53. The van der Waals surface area contributed by atoms with Gasteiger partial charge < -0.3 is 9.64 Å². The summed E-state index contributed by atoms with van der Waals surface area (Å²) in [6.07, 6.45) is 0.321. The molecular formula is C17H20ClN3O5. The minimum absolute atomic E-state index is 0.160. The highest BCUT2D eigenvalue weighted by atomic mass is 35.5. The molecule has 1 saturated heterocycles. The molecule has 0 aromatic heterocycles. The standard InChI is InChI=1S/C17H20ClN3O5/c1-26-17(23)15(11-2-4-12(18)5-3-11)19-6-8-20(9-7-19)16(22)13-10-14(13)21(24)25/h2-5,13-15H,6-10H2,1H3. The predicted molar refractivity (Wildman–Crippen MR) is 93.3 cm³/mol. The predicted octanol–water partition coefficient (Wildman–Crippen LogP) is 1.36. The number of piperazine rings is 1. The number of benzene rings is 1. The van der Waals surface area contributed by atoms with Gasteiger partial charge in [0, 0.05) is 42.5 Å². The van der Waals surface area contributed by atoms with Crippen molar-refractivity contribution in [2.75, 3.05) is 33.3 Å². The van der Waals surface area contributed by atoms with Gasteiger partial charge in [-0.1, -0.05) is 23.7 Å². The first-order valence-corrected chi connectivity index (χ1v) is 8.79. The van der Waals surface area contributed by atoms with Crippen molar-refractivity contribution < 1.29 is 19.2 Å². The zero-order valence-electron chi connectivity index (χ0n) is 14.3. The summed E-state index contributed by atoms with van der Waals surface area (Å²) in [5.41, 5.74) is 0.775. The fourth-order valence-electron chi connectivity index (χ4n) is 3.37. The normalized spacial score (nSPS) is 24.0. The van der Waals surface area contributed by atoms with E-state index in [2.05, 4.69) is 0 Å². The van der Waals surface area contributed by atoms with Gasteiger partial charge in [-0.2, -0.15) is 0 Å². The minimum Gasteiger partial charge on any atom is -0.468 e. The van der Waals surface area contributed by atoms with Gasteiger partial charge in [0.05, 0.1) is 7.11 Å². The van der Waals surface area contributed by atoms with E-state index in [0.717, 1.165) is 5.56 Å². The van der Waals surface area contributed by atoms with Crippen molar-refractivity contribution >= 4 is 23.5 Å². The van der Waals surface area contributed by atoms with Crippen LogP contribution in [0.3, 0.4) is 0 Å². The number of esters is 1. The Morgan fingerprint density at radius 3 is 2.35 bits per heavy atom. The van der Waals surface area contributed by atoms with Gasteiger partial charge in [0.2, 0.25) is 11.9 Å². The summed E-state index contributed by atoms with van der Waals surface area (Å²) in [4.78, 5) is 38.6. The lowest BCUT2D eigenvalue weighted by atomic mass is 10.0. The van der Waals surface area contributed by atoms with Gasteiger partial charge in [-0.3, -0.25) is 19.8 Å². The molecule has 0 radical (unpaired) electrons.